The zero-order valence-electron chi connectivity index (χ0n) is 16.8. The third-order valence-electron chi connectivity index (χ3n) is 4.94. The minimum atomic E-state index is -3.95. The van der Waals surface area contributed by atoms with Gasteiger partial charge in [-0.15, -0.1) is 0 Å². The van der Waals surface area contributed by atoms with Crippen LogP contribution in [0.5, 0.6) is 0 Å². The fourth-order valence-corrected chi connectivity index (χ4v) is 5.57. The van der Waals surface area contributed by atoms with Crippen molar-refractivity contribution in [2.24, 2.45) is 0 Å². The van der Waals surface area contributed by atoms with E-state index in [0.29, 0.717) is 32.8 Å². The fourth-order valence-electron chi connectivity index (χ4n) is 3.15. The molecule has 1 atom stereocenters. The van der Waals surface area contributed by atoms with Crippen molar-refractivity contribution in [3.05, 3.63) is 54.6 Å². The molecule has 0 saturated carbocycles. The molecule has 2 aromatic carbocycles. The highest BCUT2D eigenvalue weighted by Gasteiger charge is 2.33. The van der Waals surface area contributed by atoms with Crippen molar-refractivity contribution in [1.82, 2.24) is 9.21 Å². The summed E-state index contributed by atoms with van der Waals surface area (Å²) < 4.78 is 32.9. The van der Waals surface area contributed by atoms with Gasteiger partial charge in [-0.2, -0.15) is 4.31 Å². The summed E-state index contributed by atoms with van der Waals surface area (Å²) in [6.45, 7) is 4.59. The summed E-state index contributed by atoms with van der Waals surface area (Å²) in [5, 5.41) is 9.46. The topological polar surface area (TPSA) is 87.2 Å². The minimum Gasteiger partial charge on any atom is -0.480 e. The number of hydrogen-bond acceptors (Lipinski definition) is 6. The third-order valence-corrected chi connectivity index (χ3v) is 7.94. The van der Waals surface area contributed by atoms with E-state index in [4.69, 9.17) is 4.74 Å². The molecule has 1 heterocycles. The van der Waals surface area contributed by atoms with Crippen molar-refractivity contribution < 1.29 is 23.1 Å². The lowest BCUT2D eigenvalue weighted by Crippen LogP contribution is -2.48. The molecule has 162 valence electrons. The second-order valence-corrected chi connectivity index (χ2v) is 10.0. The number of nitrogens with zero attached hydrogens (tertiary/aromatic N) is 2. The SMILES string of the molecule is C[C@H](C(=O)O)N(CCN1CCOCC1)S(=O)(=O)c1ccc(Sc2ccccc2)cc1. The Hall–Kier alpha value is -1.91. The maximum atomic E-state index is 13.2. The van der Waals surface area contributed by atoms with Gasteiger partial charge in [-0.05, 0) is 43.3 Å². The first-order valence-electron chi connectivity index (χ1n) is 9.75. The highest BCUT2D eigenvalue weighted by atomic mass is 32.2. The van der Waals surface area contributed by atoms with E-state index in [1.807, 2.05) is 30.3 Å². The number of benzene rings is 2. The van der Waals surface area contributed by atoms with E-state index in [1.54, 1.807) is 12.1 Å². The van der Waals surface area contributed by atoms with Crippen LogP contribution in [0.4, 0.5) is 0 Å². The van der Waals surface area contributed by atoms with Crippen LogP contribution < -0.4 is 0 Å². The van der Waals surface area contributed by atoms with Crippen LogP contribution in [0.25, 0.3) is 0 Å². The Morgan fingerprint density at radius 2 is 1.70 bits per heavy atom. The molecular weight excluding hydrogens is 424 g/mol. The van der Waals surface area contributed by atoms with Crippen molar-refractivity contribution >= 4 is 27.8 Å². The standard InChI is InChI=1S/C21H26N2O5S2/c1-17(21(24)25)23(12-11-22-13-15-28-16-14-22)30(26,27)20-9-7-19(8-10-20)29-18-5-3-2-4-6-18/h2-10,17H,11-16H2,1H3,(H,24,25)/t17-/m1/s1. The molecule has 0 unspecified atom stereocenters. The molecule has 2 aromatic rings. The van der Waals surface area contributed by atoms with Crippen molar-refractivity contribution in [3.8, 4) is 0 Å². The first kappa shape index (κ1) is 22.8. The summed E-state index contributed by atoms with van der Waals surface area (Å²) in [6, 6.07) is 15.2. The Morgan fingerprint density at radius 3 is 2.30 bits per heavy atom. The molecule has 3 rings (SSSR count). The van der Waals surface area contributed by atoms with Crippen molar-refractivity contribution in [3.63, 3.8) is 0 Å². The van der Waals surface area contributed by atoms with Gasteiger partial charge in [0.25, 0.3) is 0 Å². The van der Waals surface area contributed by atoms with Gasteiger partial charge in [0.15, 0.2) is 0 Å². The van der Waals surface area contributed by atoms with E-state index in [9.17, 15) is 18.3 Å². The van der Waals surface area contributed by atoms with Crippen molar-refractivity contribution in [1.29, 1.82) is 0 Å². The third kappa shape index (κ3) is 5.83. The molecule has 0 radical (unpaired) electrons. The molecule has 30 heavy (non-hydrogen) atoms. The van der Waals surface area contributed by atoms with Crippen molar-refractivity contribution in [2.75, 3.05) is 39.4 Å². The van der Waals surface area contributed by atoms with Crippen LogP contribution in [-0.2, 0) is 19.6 Å². The predicted molar refractivity (Wildman–Crippen MR) is 115 cm³/mol. The second kappa shape index (κ2) is 10.4. The quantitative estimate of drug-likeness (QED) is 0.628. The van der Waals surface area contributed by atoms with Gasteiger partial charge in [-0.3, -0.25) is 9.69 Å². The van der Waals surface area contributed by atoms with Crippen LogP contribution in [-0.4, -0.2) is 74.1 Å². The number of aliphatic carboxylic acids is 1. The predicted octanol–water partition coefficient (Wildman–Crippen LogP) is 2.63. The maximum absolute atomic E-state index is 13.2. The van der Waals surface area contributed by atoms with Gasteiger partial charge < -0.3 is 9.84 Å². The Labute approximate surface area is 181 Å². The van der Waals surface area contributed by atoms with E-state index < -0.39 is 22.0 Å². The Morgan fingerprint density at radius 1 is 1.10 bits per heavy atom. The van der Waals surface area contributed by atoms with Gasteiger partial charge in [0.1, 0.15) is 6.04 Å². The maximum Gasteiger partial charge on any atom is 0.321 e. The van der Waals surface area contributed by atoms with Gasteiger partial charge >= 0.3 is 5.97 Å². The first-order valence-corrected chi connectivity index (χ1v) is 12.0. The van der Waals surface area contributed by atoms with Gasteiger partial charge in [0.2, 0.25) is 10.0 Å². The molecule has 1 aliphatic rings. The average Bonchev–Trinajstić information content (AvgIpc) is 2.75. The molecule has 1 aliphatic heterocycles. The lowest BCUT2D eigenvalue weighted by Gasteiger charge is -2.31. The molecule has 7 nitrogen and oxygen atoms in total. The summed E-state index contributed by atoms with van der Waals surface area (Å²) in [4.78, 5) is 15.7. The molecule has 0 spiro atoms. The van der Waals surface area contributed by atoms with Gasteiger partial charge in [-0.1, -0.05) is 30.0 Å². The van der Waals surface area contributed by atoms with Crippen LogP contribution in [0, 0.1) is 0 Å². The number of carboxylic acids is 1. The zero-order valence-corrected chi connectivity index (χ0v) is 18.4. The zero-order chi connectivity index (χ0) is 21.6. The molecule has 1 saturated heterocycles. The summed E-state index contributed by atoms with van der Waals surface area (Å²) in [6.07, 6.45) is 0. The van der Waals surface area contributed by atoms with E-state index in [-0.39, 0.29) is 11.4 Å². The molecule has 0 amide bonds. The fraction of sp³-hybridized carbons (Fsp3) is 0.381. The van der Waals surface area contributed by atoms with Crippen LogP contribution in [0.1, 0.15) is 6.92 Å². The summed E-state index contributed by atoms with van der Waals surface area (Å²) in [7, 11) is -3.95. The highest BCUT2D eigenvalue weighted by Crippen LogP contribution is 2.29. The summed E-state index contributed by atoms with van der Waals surface area (Å²) in [5.41, 5.74) is 0. The second-order valence-electron chi connectivity index (χ2n) is 6.97. The van der Waals surface area contributed by atoms with E-state index in [0.717, 1.165) is 14.1 Å². The van der Waals surface area contributed by atoms with Crippen molar-refractivity contribution in [2.45, 2.75) is 27.7 Å². The number of carbonyl (C=O) groups is 1. The number of hydrogen-bond donors (Lipinski definition) is 1. The Bertz CT molecular complexity index is 930. The number of carboxylic acid groups (broad SMARTS) is 1. The molecule has 0 bridgehead atoms. The molecule has 0 aliphatic carbocycles. The van der Waals surface area contributed by atoms with E-state index >= 15 is 0 Å². The van der Waals surface area contributed by atoms with Crippen LogP contribution in [0.3, 0.4) is 0 Å². The van der Waals surface area contributed by atoms with Crippen LogP contribution in [0.15, 0.2) is 69.3 Å². The normalized spacial score (nSPS) is 16.5. The Balaban J connectivity index is 1.76. The molecule has 9 heteroatoms. The average molecular weight is 451 g/mol. The number of morpholine rings is 1. The monoisotopic (exact) mass is 450 g/mol. The first-order chi connectivity index (χ1) is 14.4. The molecule has 1 N–H and O–H groups in total. The van der Waals surface area contributed by atoms with Gasteiger partial charge in [0.05, 0.1) is 18.1 Å². The highest BCUT2D eigenvalue weighted by molar-refractivity contribution is 7.99. The largest absolute Gasteiger partial charge is 0.480 e. The molecule has 1 fully saturated rings. The molecule has 0 aromatic heterocycles. The molecular formula is C21H26N2O5S2. The van der Waals surface area contributed by atoms with E-state index in [2.05, 4.69) is 4.90 Å². The van der Waals surface area contributed by atoms with Crippen LogP contribution >= 0.6 is 11.8 Å². The van der Waals surface area contributed by atoms with E-state index in [1.165, 1.54) is 30.8 Å². The van der Waals surface area contributed by atoms with Crippen LogP contribution in [0.2, 0.25) is 0 Å². The number of rotatable bonds is 9. The summed E-state index contributed by atoms with van der Waals surface area (Å²) >= 11 is 1.53. The summed E-state index contributed by atoms with van der Waals surface area (Å²) in [5.74, 6) is -1.17. The van der Waals surface area contributed by atoms with Gasteiger partial charge in [-0.25, -0.2) is 8.42 Å². The smallest absolute Gasteiger partial charge is 0.321 e. The minimum absolute atomic E-state index is 0.0926. The number of sulfonamides is 1. The lowest BCUT2D eigenvalue weighted by atomic mass is 10.3. The lowest BCUT2D eigenvalue weighted by molar-refractivity contribution is -0.141. The Kier molecular flexibility index (Phi) is 7.90. The number of ether oxygens (including phenoxy) is 1. The van der Waals surface area contributed by atoms with Gasteiger partial charge in [0, 0.05) is 36.0 Å².